The minimum absolute atomic E-state index is 0.0331. The molecular weight excluding hydrogens is 606 g/mol. The van der Waals surface area contributed by atoms with Gasteiger partial charge in [0.2, 0.25) is 5.96 Å². The summed E-state index contributed by atoms with van der Waals surface area (Å²) >= 11 is 0. The normalized spacial score (nSPS) is 26.6. The topological polar surface area (TPSA) is 156 Å². The van der Waals surface area contributed by atoms with Crippen LogP contribution in [0.15, 0.2) is 29.3 Å². The molecule has 0 bridgehead atoms. The number of rotatable bonds is 0. The molecule has 3 heterocycles. The number of nitrogens with zero attached hydrogens (tertiary/aromatic N) is 5. The van der Waals surface area contributed by atoms with Crippen LogP contribution in [0.2, 0.25) is 0 Å². The van der Waals surface area contributed by atoms with Gasteiger partial charge in [-0.15, -0.1) is 0 Å². The first kappa shape index (κ1) is 42.0. The third kappa shape index (κ3) is 8.09. The van der Waals surface area contributed by atoms with Gasteiger partial charge >= 0.3 is 0 Å². The van der Waals surface area contributed by atoms with Crippen LogP contribution in [-0.2, 0) is 11.1 Å². The molecule has 1 aromatic rings. The van der Waals surface area contributed by atoms with Crippen LogP contribution in [0.4, 0.5) is 0 Å². The van der Waals surface area contributed by atoms with Crippen LogP contribution in [0.25, 0.3) is 0 Å². The molecule has 11 heteroatoms. The molecule has 0 aromatic heterocycles. The fraction of sp³-hybridized carbons (Fsp3) is 0.784. The zero-order chi connectivity index (χ0) is 37.6. The van der Waals surface area contributed by atoms with Crippen molar-refractivity contribution >= 4 is 11.8 Å². The SMILES string of the molecule is CC(C)(C)N(O)C(C)(C)C.CC1(C)C(N)=NC(=N)N1O.CC1(C)C2CCCCC2C(C)(C)N1O.CC1(C)c2ccccc2C(C)(C)N1O. The van der Waals surface area contributed by atoms with E-state index in [0.29, 0.717) is 11.8 Å². The monoisotopic (exact) mass is 676 g/mol. The standard InChI is InChI=1S/C12H23NO.C12H17NO.C8H19NO.C5H10N4O/c2*1-11(2)9-7-5-6-8-10(9)12(3,4)13(11)14;1-7(2,3)9(10)8(4,5)6;1-5(2)3(6)8-4(7)9(5)10/h9-10,14H,5-8H2,1-4H3;5-8,14H,1-4H3;10H,1-6H3;10H,1-2H3,(H3,6,7,8). The number of hydrogen-bond donors (Lipinski definition) is 6. The largest absolute Gasteiger partial charge is 0.385 e. The minimum Gasteiger partial charge on any atom is -0.385 e. The highest BCUT2D eigenvalue weighted by atomic mass is 16.5. The van der Waals surface area contributed by atoms with E-state index in [0.717, 1.165) is 5.06 Å². The molecule has 0 spiro atoms. The van der Waals surface area contributed by atoms with Gasteiger partial charge in [0.25, 0.3) is 0 Å². The van der Waals surface area contributed by atoms with Crippen LogP contribution >= 0.6 is 0 Å². The Kier molecular flexibility index (Phi) is 12.2. The molecule has 0 amide bonds. The number of nitrogens with one attached hydrogen (secondary N) is 1. The van der Waals surface area contributed by atoms with Crippen LogP contribution in [0.1, 0.15) is 148 Å². The number of hydrogen-bond acceptors (Lipinski definition) is 9. The summed E-state index contributed by atoms with van der Waals surface area (Å²) in [5.41, 5.74) is 6.12. The van der Waals surface area contributed by atoms with E-state index >= 15 is 0 Å². The van der Waals surface area contributed by atoms with Crippen LogP contribution in [0.3, 0.4) is 0 Å². The summed E-state index contributed by atoms with van der Waals surface area (Å²) < 4.78 is 0. The Bertz CT molecular complexity index is 1230. The van der Waals surface area contributed by atoms with Gasteiger partial charge in [-0.05, 0) is 147 Å². The Morgan fingerprint density at radius 3 is 1.29 bits per heavy atom. The summed E-state index contributed by atoms with van der Waals surface area (Å²) in [6.45, 7) is 32.2. The lowest BCUT2D eigenvalue weighted by Gasteiger charge is -2.39. The molecule has 1 saturated carbocycles. The van der Waals surface area contributed by atoms with Crippen LogP contribution in [0.5, 0.6) is 0 Å². The number of guanidine groups is 1. The lowest BCUT2D eigenvalue weighted by atomic mass is 9.69. The fourth-order valence-corrected chi connectivity index (χ4v) is 8.03. The Labute approximate surface area is 291 Å². The molecule has 2 unspecified atom stereocenters. The van der Waals surface area contributed by atoms with Crippen LogP contribution in [-0.4, -0.2) is 80.6 Å². The van der Waals surface area contributed by atoms with Crippen molar-refractivity contribution in [2.45, 2.75) is 175 Å². The van der Waals surface area contributed by atoms with Gasteiger partial charge in [0, 0.05) is 22.2 Å². The summed E-state index contributed by atoms with van der Waals surface area (Å²) in [5, 5.41) is 51.3. The second-order valence-corrected chi connectivity index (χ2v) is 18.4. The zero-order valence-electron chi connectivity index (χ0n) is 32.9. The van der Waals surface area contributed by atoms with Crippen molar-refractivity contribution in [3.63, 3.8) is 0 Å². The maximum Gasteiger partial charge on any atom is 0.244 e. The van der Waals surface area contributed by atoms with Crippen molar-refractivity contribution in [3.05, 3.63) is 35.4 Å². The van der Waals surface area contributed by atoms with Gasteiger partial charge in [0.05, 0.1) is 11.1 Å². The van der Waals surface area contributed by atoms with E-state index in [2.05, 4.69) is 44.8 Å². The molecule has 4 aliphatic rings. The molecule has 2 atom stereocenters. The lowest BCUT2D eigenvalue weighted by molar-refractivity contribution is -0.216. The van der Waals surface area contributed by atoms with Crippen LogP contribution in [0, 0.1) is 17.2 Å². The zero-order valence-corrected chi connectivity index (χ0v) is 32.9. The van der Waals surface area contributed by atoms with Gasteiger partial charge in [-0.2, -0.15) is 20.2 Å². The first-order valence-electron chi connectivity index (χ1n) is 17.4. The van der Waals surface area contributed by atoms with Crippen molar-refractivity contribution in [1.82, 2.24) is 20.3 Å². The summed E-state index contributed by atoms with van der Waals surface area (Å²) in [5.74, 6) is 1.41. The van der Waals surface area contributed by atoms with Crippen LogP contribution < -0.4 is 5.73 Å². The Morgan fingerprint density at radius 2 is 1.06 bits per heavy atom. The lowest BCUT2D eigenvalue weighted by Crippen LogP contribution is -2.50. The Hall–Kier alpha value is -2.12. The van der Waals surface area contributed by atoms with Crippen molar-refractivity contribution in [2.75, 3.05) is 0 Å². The van der Waals surface area contributed by atoms with Gasteiger partial charge in [0.1, 0.15) is 11.4 Å². The second-order valence-electron chi connectivity index (χ2n) is 18.4. The summed E-state index contributed by atoms with van der Waals surface area (Å²) in [4.78, 5) is 3.58. The molecule has 2 fully saturated rings. The molecule has 3 aliphatic heterocycles. The third-order valence-corrected chi connectivity index (χ3v) is 10.8. The van der Waals surface area contributed by atoms with E-state index in [-0.39, 0.29) is 45.0 Å². The Morgan fingerprint density at radius 1 is 0.708 bits per heavy atom. The van der Waals surface area contributed by atoms with Gasteiger partial charge in [-0.3, -0.25) is 10.6 Å². The van der Waals surface area contributed by atoms with Crippen molar-refractivity contribution < 1.29 is 20.8 Å². The maximum atomic E-state index is 10.2. The molecule has 1 aromatic carbocycles. The molecule has 1 saturated heterocycles. The van der Waals surface area contributed by atoms with E-state index < -0.39 is 5.54 Å². The van der Waals surface area contributed by atoms with Crippen molar-refractivity contribution in [2.24, 2.45) is 22.6 Å². The van der Waals surface area contributed by atoms with Gasteiger partial charge in [-0.1, -0.05) is 37.1 Å². The van der Waals surface area contributed by atoms with Gasteiger partial charge in [0.15, 0.2) is 0 Å². The van der Waals surface area contributed by atoms with Gasteiger partial charge < -0.3 is 21.4 Å². The summed E-state index contributed by atoms with van der Waals surface area (Å²) in [6.07, 6.45) is 5.26. The molecule has 48 heavy (non-hydrogen) atoms. The highest BCUT2D eigenvalue weighted by molar-refractivity contribution is 6.05. The second kappa shape index (κ2) is 13.9. The molecule has 11 nitrogen and oxygen atoms in total. The number of amidine groups is 1. The predicted molar refractivity (Wildman–Crippen MR) is 194 cm³/mol. The fourth-order valence-electron chi connectivity index (χ4n) is 8.03. The Balaban J connectivity index is 0.000000226. The number of nitrogens with two attached hydrogens (primary N) is 1. The first-order valence-corrected chi connectivity index (χ1v) is 17.4. The smallest absolute Gasteiger partial charge is 0.244 e. The van der Waals surface area contributed by atoms with E-state index in [1.54, 1.807) is 18.9 Å². The molecule has 0 radical (unpaired) electrons. The van der Waals surface area contributed by atoms with Crippen molar-refractivity contribution in [3.8, 4) is 0 Å². The maximum absolute atomic E-state index is 10.2. The van der Waals surface area contributed by atoms with Gasteiger partial charge in [-0.25, -0.2) is 5.06 Å². The van der Waals surface area contributed by atoms with Crippen molar-refractivity contribution in [1.29, 1.82) is 5.41 Å². The quantitative estimate of drug-likeness (QED) is 0.150. The average Bonchev–Trinajstić information content (AvgIpc) is 3.31. The van der Waals surface area contributed by atoms with E-state index in [4.69, 9.17) is 16.4 Å². The molecule has 5 rings (SSSR count). The minimum atomic E-state index is -0.725. The molecule has 7 N–H and O–H groups in total. The number of benzene rings is 1. The number of aliphatic imine (C=N–C) groups is 1. The number of fused-ring (bicyclic) bond motifs is 2. The number of hydroxylamine groups is 8. The van der Waals surface area contributed by atoms with E-state index in [9.17, 15) is 15.6 Å². The van der Waals surface area contributed by atoms with E-state index in [1.807, 2.05) is 81.4 Å². The summed E-state index contributed by atoms with van der Waals surface area (Å²) in [6, 6.07) is 8.23. The van der Waals surface area contributed by atoms with E-state index in [1.165, 1.54) is 46.9 Å². The average molecular weight is 676 g/mol. The summed E-state index contributed by atoms with van der Waals surface area (Å²) in [7, 11) is 0. The molecular formula is C37H69N7O4. The molecule has 276 valence electrons. The highest BCUT2D eigenvalue weighted by Gasteiger charge is 2.58. The first-order chi connectivity index (χ1) is 21.4. The third-order valence-electron chi connectivity index (χ3n) is 10.8. The predicted octanol–water partition coefficient (Wildman–Crippen LogP) is 7.95. The highest BCUT2D eigenvalue weighted by Crippen LogP contribution is 2.54. The molecule has 1 aliphatic carbocycles.